The van der Waals surface area contributed by atoms with Crippen molar-refractivity contribution >= 4 is 0 Å². The lowest BCUT2D eigenvalue weighted by Gasteiger charge is -2.52. The third kappa shape index (κ3) is 2.94. The van der Waals surface area contributed by atoms with Crippen LogP contribution in [0.2, 0.25) is 0 Å². The Kier molecular flexibility index (Phi) is 5.18. The first-order valence-electron chi connectivity index (χ1n) is 8.11. The first kappa shape index (κ1) is 17.3. The monoisotopic (exact) mass is 332 g/mol. The van der Waals surface area contributed by atoms with Crippen LogP contribution in [0.3, 0.4) is 0 Å². The molecule has 1 aromatic rings. The maximum absolute atomic E-state index is 11.1. The molecule has 0 spiro atoms. The van der Waals surface area contributed by atoms with E-state index in [4.69, 9.17) is 18.9 Å². The van der Waals surface area contributed by atoms with Crippen LogP contribution in [0.15, 0.2) is 55.6 Å². The van der Waals surface area contributed by atoms with Crippen molar-refractivity contribution in [2.75, 3.05) is 13.7 Å². The van der Waals surface area contributed by atoms with Crippen molar-refractivity contribution < 1.29 is 24.1 Å². The van der Waals surface area contributed by atoms with Crippen LogP contribution in [0.4, 0.5) is 0 Å². The number of methoxy groups -OCH3 is 1. The molecule has 1 N–H and O–H groups in total. The van der Waals surface area contributed by atoms with Crippen LogP contribution in [0.1, 0.15) is 18.3 Å². The molecule has 1 aromatic carbocycles. The Hall–Kier alpha value is -1.50. The molecule has 130 valence electrons. The van der Waals surface area contributed by atoms with Crippen LogP contribution in [-0.2, 0) is 18.9 Å². The minimum Gasteiger partial charge on any atom is -0.380 e. The van der Waals surface area contributed by atoms with Crippen molar-refractivity contribution in [3.63, 3.8) is 0 Å². The highest BCUT2D eigenvalue weighted by molar-refractivity contribution is 5.17. The van der Waals surface area contributed by atoms with Crippen LogP contribution < -0.4 is 0 Å². The number of hydrogen-bond acceptors (Lipinski definition) is 5. The average molecular weight is 332 g/mol. The molecule has 2 heterocycles. The Morgan fingerprint density at radius 1 is 1.29 bits per heavy atom. The predicted molar refractivity (Wildman–Crippen MR) is 89.1 cm³/mol. The molecule has 0 aromatic heterocycles. The van der Waals surface area contributed by atoms with E-state index in [0.29, 0.717) is 13.0 Å². The number of aliphatic hydroxyl groups is 1. The molecule has 2 saturated heterocycles. The summed E-state index contributed by atoms with van der Waals surface area (Å²) in [7, 11) is 1.50. The van der Waals surface area contributed by atoms with Gasteiger partial charge in [0.05, 0.1) is 12.7 Å². The van der Waals surface area contributed by atoms with Gasteiger partial charge in [0.15, 0.2) is 12.6 Å². The smallest absolute Gasteiger partial charge is 0.190 e. The number of rotatable bonds is 5. The first-order chi connectivity index (χ1) is 11.6. The van der Waals surface area contributed by atoms with Gasteiger partial charge in [-0.15, -0.1) is 13.2 Å². The van der Waals surface area contributed by atoms with Gasteiger partial charge in [0.2, 0.25) is 0 Å². The Labute approximate surface area is 142 Å². The highest BCUT2D eigenvalue weighted by Gasteiger charge is 2.56. The minimum absolute atomic E-state index is 0.286. The molecule has 1 unspecified atom stereocenters. The molecule has 0 saturated carbocycles. The minimum atomic E-state index is -1.36. The summed E-state index contributed by atoms with van der Waals surface area (Å²) < 4.78 is 23.2. The summed E-state index contributed by atoms with van der Waals surface area (Å²) in [6, 6.07) is 9.73. The highest BCUT2D eigenvalue weighted by atomic mass is 16.7. The van der Waals surface area contributed by atoms with Gasteiger partial charge in [-0.25, -0.2) is 0 Å². The first-order valence-corrected chi connectivity index (χ1v) is 8.11. The lowest BCUT2D eigenvalue weighted by Crippen LogP contribution is -2.65. The molecule has 0 radical (unpaired) electrons. The van der Waals surface area contributed by atoms with Gasteiger partial charge in [0.25, 0.3) is 0 Å². The van der Waals surface area contributed by atoms with Gasteiger partial charge in [-0.1, -0.05) is 42.5 Å². The van der Waals surface area contributed by atoms with Crippen LogP contribution in [0.5, 0.6) is 0 Å². The fraction of sp³-hybridized carbons (Fsp3) is 0.474. The van der Waals surface area contributed by atoms with E-state index in [0.717, 1.165) is 5.56 Å². The van der Waals surface area contributed by atoms with Crippen LogP contribution in [0, 0.1) is 5.92 Å². The second-order valence-corrected chi connectivity index (χ2v) is 6.14. The van der Waals surface area contributed by atoms with E-state index in [1.807, 2.05) is 30.3 Å². The van der Waals surface area contributed by atoms with E-state index < -0.39 is 18.2 Å². The normalized spacial score (nSPS) is 39.0. The number of hydrogen-bond donors (Lipinski definition) is 1. The molecule has 0 aliphatic carbocycles. The van der Waals surface area contributed by atoms with E-state index in [2.05, 4.69) is 13.2 Å². The molecule has 2 aliphatic rings. The van der Waals surface area contributed by atoms with Gasteiger partial charge in [-0.2, -0.15) is 0 Å². The number of fused-ring (bicyclic) bond motifs is 1. The number of ether oxygens (including phenoxy) is 4. The summed E-state index contributed by atoms with van der Waals surface area (Å²) in [6.45, 7) is 7.94. The maximum Gasteiger partial charge on any atom is 0.190 e. The highest BCUT2D eigenvalue weighted by Crippen LogP contribution is 2.43. The fourth-order valence-corrected chi connectivity index (χ4v) is 3.50. The molecular formula is C19H24O5. The summed E-state index contributed by atoms with van der Waals surface area (Å²) in [5.74, 6) is -0.286. The van der Waals surface area contributed by atoms with Gasteiger partial charge in [-0.3, -0.25) is 0 Å². The molecular weight excluding hydrogens is 308 g/mol. The second-order valence-electron chi connectivity index (χ2n) is 6.14. The molecule has 24 heavy (non-hydrogen) atoms. The molecule has 2 fully saturated rings. The van der Waals surface area contributed by atoms with E-state index >= 15 is 0 Å². The maximum atomic E-state index is 11.1. The molecule has 2 aliphatic heterocycles. The van der Waals surface area contributed by atoms with Crippen LogP contribution in [-0.4, -0.2) is 42.9 Å². The standard InChI is InChI=1S/C19H24O5/c1-4-9-14-16-15(23-18(21-3)19(14,20)5-2)12-22-17(24-16)13-10-7-6-8-11-13/h4-8,10-11,14-18,20H,1-2,9,12H2,3H3/t14-,15-,16+,17?,18+,19-/m1/s1. The third-order valence-corrected chi connectivity index (χ3v) is 4.76. The molecule has 5 nitrogen and oxygen atoms in total. The van der Waals surface area contributed by atoms with E-state index in [1.54, 1.807) is 6.08 Å². The number of benzene rings is 1. The largest absolute Gasteiger partial charge is 0.380 e. The molecule has 6 atom stereocenters. The van der Waals surface area contributed by atoms with E-state index in [-0.39, 0.29) is 18.1 Å². The quantitative estimate of drug-likeness (QED) is 0.840. The predicted octanol–water partition coefficient (Wildman–Crippen LogP) is 2.58. The molecule has 5 heteroatoms. The summed E-state index contributed by atoms with van der Waals surface area (Å²) in [5, 5.41) is 11.1. The Morgan fingerprint density at radius 3 is 2.67 bits per heavy atom. The fourth-order valence-electron chi connectivity index (χ4n) is 3.50. The zero-order valence-corrected chi connectivity index (χ0v) is 13.8. The summed E-state index contributed by atoms with van der Waals surface area (Å²) in [4.78, 5) is 0. The van der Waals surface area contributed by atoms with Crippen molar-refractivity contribution in [3.05, 3.63) is 61.2 Å². The van der Waals surface area contributed by atoms with E-state index in [9.17, 15) is 5.11 Å². The van der Waals surface area contributed by atoms with Gasteiger partial charge in [-0.05, 0) is 6.42 Å². The van der Waals surface area contributed by atoms with Crippen molar-refractivity contribution in [2.24, 2.45) is 5.92 Å². The molecule has 0 bridgehead atoms. The Balaban J connectivity index is 1.88. The van der Waals surface area contributed by atoms with Crippen LogP contribution in [0.25, 0.3) is 0 Å². The van der Waals surface area contributed by atoms with E-state index in [1.165, 1.54) is 13.2 Å². The topological polar surface area (TPSA) is 57.2 Å². The van der Waals surface area contributed by atoms with Crippen LogP contribution >= 0.6 is 0 Å². The molecule has 0 amide bonds. The number of allylic oxidation sites excluding steroid dienone is 1. The van der Waals surface area contributed by atoms with Gasteiger partial charge in [0, 0.05) is 18.6 Å². The van der Waals surface area contributed by atoms with Gasteiger partial charge in [0.1, 0.15) is 11.7 Å². The van der Waals surface area contributed by atoms with Crippen molar-refractivity contribution in [3.8, 4) is 0 Å². The Morgan fingerprint density at radius 2 is 2.04 bits per heavy atom. The van der Waals surface area contributed by atoms with Crippen molar-refractivity contribution in [1.82, 2.24) is 0 Å². The summed E-state index contributed by atoms with van der Waals surface area (Å²) >= 11 is 0. The lowest BCUT2D eigenvalue weighted by molar-refractivity contribution is -0.365. The zero-order valence-electron chi connectivity index (χ0n) is 13.8. The average Bonchev–Trinajstić information content (AvgIpc) is 2.64. The zero-order chi connectivity index (χ0) is 17.2. The van der Waals surface area contributed by atoms with Crippen molar-refractivity contribution in [2.45, 2.75) is 36.8 Å². The van der Waals surface area contributed by atoms with Gasteiger partial charge >= 0.3 is 0 Å². The summed E-state index contributed by atoms with van der Waals surface area (Å²) in [5.41, 5.74) is -0.424. The second kappa shape index (κ2) is 7.17. The lowest BCUT2D eigenvalue weighted by atomic mass is 9.76. The Bertz CT molecular complexity index is 574. The van der Waals surface area contributed by atoms with Crippen molar-refractivity contribution in [1.29, 1.82) is 0 Å². The molecule has 3 rings (SSSR count). The SMILES string of the molecule is C=CC[C@@H]1[C@@H]2OC(c3ccccc3)OC[C@H]2O[C@H](OC)[C@@]1(O)C=C. The third-order valence-electron chi connectivity index (χ3n) is 4.76. The summed E-state index contributed by atoms with van der Waals surface area (Å²) in [6.07, 6.45) is 1.82. The van der Waals surface area contributed by atoms with Gasteiger partial charge < -0.3 is 24.1 Å².